The van der Waals surface area contributed by atoms with Gasteiger partial charge in [0.1, 0.15) is 12.1 Å². The van der Waals surface area contributed by atoms with Crippen LogP contribution in [0.4, 0.5) is 0 Å². The molecule has 0 amide bonds. The number of carbonyl (C=O) groups is 1. The lowest BCUT2D eigenvalue weighted by Crippen LogP contribution is -2.40. The average molecular weight is 253 g/mol. The summed E-state index contributed by atoms with van der Waals surface area (Å²) in [4.78, 5) is 12.1. The molecule has 1 saturated heterocycles. The van der Waals surface area contributed by atoms with Crippen LogP contribution in [-0.4, -0.2) is 24.7 Å². The minimum atomic E-state index is -0.0536. The van der Waals surface area contributed by atoms with Gasteiger partial charge in [-0.05, 0) is 50.5 Å². The topological polar surface area (TPSA) is 38.3 Å². The molecule has 18 heavy (non-hydrogen) atoms. The van der Waals surface area contributed by atoms with E-state index in [1.54, 1.807) is 0 Å². The number of nitrogens with one attached hydrogen (secondary N) is 1. The molecule has 0 aromatic rings. The normalized spacial score (nSPS) is 37.9. The van der Waals surface area contributed by atoms with Gasteiger partial charge in [-0.25, -0.2) is 0 Å². The highest BCUT2D eigenvalue weighted by Crippen LogP contribution is 2.31. The van der Waals surface area contributed by atoms with E-state index in [1.807, 2.05) is 0 Å². The number of carbonyl (C=O) groups excluding carboxylic acids is 1. The van der Waals surface area contributed by atoms with E-state index in [9.17, 15) is 4.79 Å². The van der Waals surface area contributed by atoms with Gasteiger partial charge in [-0.15, -0.1) is 0 Å². The van der Waals surface area contributed by atoms with Crippen molar-refractivity contribution >= 4 is 5.97 Å². The molecule has 1 N–H and O–H groups in total. The Morgan fingerprint density at radius 2 is 1.89 bits per heavy atom. The zero-order valence-corrected chi connectivity index (χ0v) is 11.8. The lowest BCUT2D eigenvalue weighted by Gasteiger charge is -2.32. The predicted octanol–water partition coefficient (Wildman–Crippen LogP) is 2.89. The second-order valence-corrected chi connectivity index (χ2v) is 6.18. The number of hydrogen-bond acceptors (Lipinski definition) is 3. The third-order valence-electron chi connectivity index (χ3n) is 4.68. The van der Waals surface area contributed by atoms with Gasteiger partial charge >= 0.3 is 5.97 Å². The van der Waals surface area contributed by atoms with E-state index in [0.29, 0.717) is 5.92 Å². The Morgan fingerprint density at radius 1 is 1.06 bits per heavy atom. The number of rotatable bonds is 2. The molecule has 1 aliphatic carbocycles. The van der Waals surface area contributed by atoms with E-state index in [1.165, 1.54) is 19.3 Å². The van der Waals surface area contributed by atoms with Crippen molar-refractivity contribution < 1.29 is 9.53 Å². The fraction of sp³-hybridized carbons (Fsp3) is 0.933. The molecule has 2 aliphatic rings. The number of hydrogen-bond donors (Lipinski definition) is 1. The van der Waals surface area contributed by atoms with Crippen LogP contribution in [0.5, 0.6) is 0 Å². The molecule has 1 aliphatic heterocycles. The SMILES string of the molecule is CC1CCC(OC(=O)C2CCCCCN2)CC1C. The summed E-state index contributed by atoms with van der Waals surface area (Å²) >= 11 is 0. The first-order chi connectivity index (χ1) is 8.66. The maximum atomic E-state index is 12.1. The van der Waals surface area contributed by atoms with Crippen LogP contribution >= 0.6 is 0 Å². The Morgan fingerprint density at radius 3 is 2.67 bits per heavy atom. The molecular weight excluding hydrogens is 226 g/mol. The third-order valence-corrected chi connectivity index (χ3v) is 4.68. The second-order valence-electron chi connectivity index (χ2n) is 6.18. The summed E-state index contributed by atoms with van der Waals surface area (Å²) in [6.45, 7) is 5.53. The zero-order chi connectivity index (χ0) is 13.0. The van der Waals surface area contributed by atoms with E-state index in [2.05, 4.69) is 19.2 Å². The minimum absolute atomic E-state index is 0.0105. The highest BCUT2D eigenvalue weighted by molar-refractivity contribution is 5.76. The van der Waals surface area contributed by atoms with Crippen molar-refractivity contribution in [3.8, 4) is 0 Å². The molecule has 1 heterocycles. The summed E-state index contributed by atoms with van der Waals surface area (Å²) in [5, 5.41) is 3.32. The smallest absolute Gasteiger partial charge is 0.323 e. The number of esters is 1. The van der Waals surface area contributed by atoms with Crippen LogP contribution in [0.25, 0.3) is 0 Å². The van der Waals surface area contributed by atoms with Crippen molar-refractivity contribution in [2.24, 2.45) is 11.8 Å². The molecule has 0 aromatic heterocycles. The van der Waals surface area contributed by atoms with Crippen LogP contribution < -0.4 is 5.32 Å². The van der Waals surface area contributed by atoms with Gasteiger partial charge in [-0.2, -0.15) is 0 Å². The summed E-state index contributed by atoms with van der Waals surface area (Å²) in [6, 6.07) is -0.0536. The van der Waals surface area contributed by atoms with Gasteiger partial charge in [-0.3, -0.25) is 4.79 Å². The van der Waals surface area contributed by atoms with Crippen LogP contribution in [0.15, 0.2) is 0 Å². The molecule has 3 heteroatoms. The summed E-state index contributed by atoms with van der Waals surface area (Å²) in [5.41, 5.74) is 0. The summed E-state index contributed by atoms with van der Waals surface area (Å²) in [6.07, 6.45) is 7.94. The summed E-state index contributed by atoms with van der Waals surface area (Å²) in [7, 11) is 0. The van der Waals surface area contributed by atoms with Crippen molar-refractivity contribution in [1.29, 1.82) is 0 Å². The maximum Gasteiger partial charge on any atom is 0.323 e. The van der Waals surface area contributed by atoms with E-state index < -0.39 is 0 Å². The lowest BCUT2D eigenvalue weighted by atomic mass is 9.80. The predicted molar refractivity (Wildman–Crippen MR) is 72.3 cm³/mol. The van der Waals surface area contributed by atoms with E-state index >= 15 is 0 Å². The van der Waals surface area contributed by atoms with Crippen LogP contribution in [0, 0.1) is 11.8 Å². The maximum absolute atomic E-state index is 12.1. The minimum Gasteiger partial charge on any atom is -0.461 e. The van der Waals surface area contributed by atoms with Crippen molar-refractivity contribution in [2.45, 2.75) is 70.9 Å². The van der Waals surface area contributed by atoms with Crippen molar-refractivity contribution in [3.63, 3.8) is 0 Å². The molecule has 0 bridgehead atoms. The fourth-order valence-electron chi connectivity index (χ4n) is 3.08. The van der Waals surface area contributed by atoms with Gasteiger partial charge in [-0.1, -0.05) is 26.7 Å². The largest absolute Gasteiger partial charge is 0.461 e. The Hall–Kier alpha value is -0.570. The first-order valence-electron chi connectivity index (χ1n) is 7.60. The van der Waals surface area contributed by atoms with Crippen LogP contribution in [-0.2, 0) is 9.53 Å². The van der Waals surface area contributed by atoms with E-state index in [0.717, 1.165) is 38.1 Å². The molecule has 4 atom stereocenters. The molecule has 2 rings (SSSR count). The third kappa shape index (κ3) is 3.71. The Bertz CT molecular complexity index is 272. The molecule has 1 saturated carbocycles. The first kappa shape index (κ1) is 13.9. The summed E-state index contributed by atoms with van der Waals surface area (Å²) < 4.78 is 5.70. The van der Waals surface area contributed by atoms with Crippen molar-refractivity contribution in [1.82, 2.24) is 5.32 Å². The van der Waals surface area contributed by atoms with Crippen molar-refractivity contribution in [3.05, 3.63) is 0 Å². The second kappa shape index (κ2) is 6.55. The fourth-order valence-corrected chi connectivity index (χ4v) is 3.08. The van der Waals surface area contributed by atoms with Crippen LogP contribution in [0.3, 0.4) is 0 Å². The Labute approximate surface area is 111 Å². The number of ether oxygens (including phenoxy) is 1. The molecule has 104 valence electrons. The van der Waals surface area contributed by atoms with Gasteiger partial charge in [0.25, 0.3) is 0 Å². The van der Waals surface area contributed by atoms with Gasteiger partial charge < -0.3 is 10.1 Å². The van der Waals surface area contributed by atoms with Crippen LogP contribution in [0.1, 0.15) is 58.8 Å². The summed E-state index contributed by atoms with van der Waals surface area (Å²) in [5.74, 6) is 1.44. The van der Waals surface area contributed by atoms with Gasteiger partial charge in [0, 0.05) is 0 Å². The van der Waals surface area contributed by atoms with Gasteiger partial charge in [0.15, 0.2) is 0 Å². The van der Waals surface area contributed by atoms with Crippen molar-refractivity contribution in [2.75, 3.05) is 6.54 Å². The molecule has 0 spiro atoms. The van der Waals surface area contributed by atoms with Crippen LogP contribution in [0.2, 0.25) is 0 Å². The quantitative estimate of drug-likeness (QED) is 0.769. The molecule has 3 nitrogen and oxygen atoms in total. The average Bonchev–Trinajstić information content (AvgIpc) is 2.62. The van der Waals surface area contributed by atoms with E-state index in [4.69, 9.17) is 4.74 Å². The molecule has 2 fully saturated rings. The lowest BCUT2D eigenvalue weighted by molar-refractivity contribution is -0.154. The standard InChI is InChI=1S/C15H27NO2/c1-11-7-8-13(10-12(11)2)18-15(17)14-6-4-3-5-9-16-14/h11-14,16H,3-10H2,1-2H3. The van der Waals surface area contributed by atoms with Gasteiger partial charge in [0.05, 0.1) is 0 Å². The highest BCUT2D eigenvalue weighted by atomic mass is 16.5. The zero-order valence-electron chi connectivity index (χ0n) is 11.8. The molecule has 0 aromatic carbocycles. The highest BCUT2D eigenvalue weighted by Gasteiger charge is 2.29. The van der Waals surface area contributed by atoms with Gasteiger partial charge in [0.2, 0.25) is 0 Å². The Balaban J connectivity index is 1.79. The molecule has 0 radical (unpaired) electrons. The van der Waals surface area contributed by atoms with E-state index in [-0.39, 0.29) is 18.1 Å². The monoisotopic (exact) mass is 253 g/mol. The Kier molecular flexibility index (Phi) is 5.04. The molecular formula is C15H27NO2. The molecule has 4 unspecified atom stereocenters. The first-order valence-corrected chi connectivity index (χ1v) is 7.60.